The molecule has 0 aliphatic carbocycles. The van der Waals surface area contributed by atoms with Gasteiger partial charge in [0.25, 0.3) is 5.69 Å². The zero-order valence-electron chi connectivity index (χ0n) is 12.7. The summed E-state index contributed by atoms with van der Waals surface area (Å²) in [6, 6.07) is 5.72. The van der Waals surface area contributed by atoms with Crippen LogP contribution in [-0.2, 0) is 14.3 Å². The van der Waals surface area contributed by atoms with Gasteiger partial charge in [0.05, 0.1) is 25.1 Å². The minimum Gasteiger partial charge on any atom is -0.469 e. The lowest BCUT2D eigenvalue weighted by Gasteiger charge is -2.19. The molecule has 1 aromatic carbocycles. The Kier molecular flexibility index (Phi) is 7.41. The lowest BCUT2D eigenvalue weighted by atomic mass is 10.2. The first-order valence-electron chi connectivity index (χ1n) is 6.87. The number of amides is 1. The topological polar surface area (TPSA) is 110 Å². The van der Waals surface area contributed by atoms with Crippen molar-refractivity contribution in [2.75, 3.05) is 26.8 Å². The molecule has 0 bridgehead atoms. The summed E-state index contributed by atoms with van der Waals surface area (Å²) < 4.78 is 4.51. The van der Waals surface area contributed by atoms with Crippen LogP contribution in [0.15, 0.2) is 30.3 Å². The minimum absolute atomic E-state index is 0.0338. The summed E-state index contributed by atoms with van der Waals surface area (Å²) in [6.45, 7) is 0.00931. The minimum atomic E-state index is -0.506. The van der Waals surface area contributed by atoms with Gasteiger partial charge in [0.15, 0.2) is 0 Å². The van der Waals surface area contributed by atoms with Crippen LogP contribution in [0.3, 0.4) is 0 Å². The maximum absolute atomic E-state index is 12.1. The number of nitrogens with zero attached hydrogens (tertiary/aromatic N) is 2. The summed E-state index contributed by atoms with van der Waals surface area (Å²) in [5.74, 6) is -0.818. The largest absolute Gasteiger partial charge is 0.469 e. The van der Waals surface area contributed by atoms with Gasteiger partial charge in [-0.3, -0.25) is 19.7 Å². The molecule has 8 nitrogen and oxygen atoms in total. The molecule has 0 saturated carbocycles. The summed E-state index contributed by atoms with van der Waals surface area (Å²) in [7, 11) is 1.26. The van der Waals surface area contributed by atoms with E-state index < -0.39 is 10.9 Å². The van der Waals surface area contributed by atoms with Gasteiger partial charge in [-0.05, 0) is 23.8 Å². The molecule has 0 unspecified atom stereocenters. The molecule has 0 aliphatic heterocycles. The van der Waals surface area contributed by atoms with Gasteiger partial charge in [-0.2, -0.15) is 0 Å². The average molecular weight is 322 g/mol. The Balaban J connectivity index is 2.68. The van der Waals surface area contributed by atoms with Crippen molar-refractivity contribution in [3.8, 4) is 0 Å². The Morgan fingerprint density at radius 2 is 1.96 bits per heavy atom. The molecule has 23 heavy (non-hydrogen) atoms. The van der Waals surface area contributed by atoms with E-state index in [1.165, 1.54) is 48.4 Å². The molecule has 1 aromatic rings. The number of aliphatic hydroxyl groups is 1. The highest BCUT2D eigenvalue weighted by Gasteiger charge is 2.12. The summed E-state index contributed by atoms with van der Waals surface area (Å²) in [5.41, 5.74) is 0.592. The molecule has 0 saturated heterocycles. The van der Waals surface area contributed by atoms with E-state index in [-0.39, 0.29) is 37.7 Å². The van der Waals surface area contributed by atoms with E-state index in [9.17, 15) is 19.7 Å². The first kappa shape index (κ1) is 18.3. The quantitative estimate of drug-likeness (QED) is 0.331. The molecule has 124 valence electrons. The molecule has 1 amide bonds. The number of carbonyl (C=O) groups is 2. The number of benzene rings is 1. The fourth-order valence-corrected chi connectivity index (χ4v) is 1.76. The van der Waals surface area contributed by atoms with Crippen LogP contribution in [0.4, 0.5) is 5.69 Å². The third-order valence-electron chi connectivity index (χ3n) is 3.02. The van der Waals surface area contributed by atoms with Crippen LogP contribution >= 0.6 is 0 Å². The Bertz CT molecular complexity index is 582. The van der Waals surface area contributed by atoms with Crippen LogP contribution < -0.4 is 0 Å². The Morgan fingerprint density at radius 1 is 1.30 bits per heavy atom. The number of methoxy groups -OCH3 is 1. The second-order valence-corrected chi connectivity index (χ2v) is 4.56. The Morgan fingerprint density at radius 3 is 2.48 bits per heavy atom. The molecule has 8 heteroatoms. The third kappa shape index (κ3) is 6.27. The van der Waals surface area contributed by atoms with Gasteiger partial charge >= 0.3 is 5.97 Å². The molecule has 0 atom stereocenters. The van der Waals surface area contributed by atoms with Gasteiger partial charge in [-0.1, -0.05) is 0 Å². The van der Waals surface area contributed by atoms with E-state index in [0.29, 0.717) is 5.56 Å². The number of ether oxygens (including phenoxy) is 1. The second kappa shape index (κ2) is 9.31. The maximum atomic E-state index is 12.1. The van der Waals surface area contributed by atoms with Gasteiger partial charge in [0, 0.05) is 31.3 Å². The molecule has 1 N–H and O–H groups in total. The number of rotatable bonds is 8. The first-order valence-corrected chi connectivity index (χ1v) is 6.87. The van der Waals surface area contributed by atoms with Crippen molar-refractivity contribution < 1.29 is 24.4 Å². The number of aliphatic hydroxyl groups excluding tert-OH is 1. The molecular formula is C15H18N2O6. The van der Waals surface area contributed by atoms with E-state index in [1.807, 2.05) is 0 Å². The summed E-state index contributed by atoms with van der Waals surface area (Å²) in [5, 5.41) is 19.5. The summed E-state index contributed by atoms with van der Waals surface area (Å²) in [4.78, 5) is 34.5. The highest BCUT2D eigenvalue weighted by atomic mass is 16.6. The molecule has 0 radical (unpaired) electrons. The van der Waals surface area contributed by atoms with Crippen molar-refractivity contribution >= 4 is 23.6 Å². The van der Waals surface area contributed by atoms with Gasteiger partial charge in [0.1, 0.15) is 0 Å². The predicted molar refractivity (Wildman–Crippen MR) is 82.4 cm³/mol. The Labute approximate surface area is 133 Å². The number of hydrogen-bond donors (Lipinski definition) is 1. The summed E-state index contributed by atoms with van der Waals surface area (Å²) >= 11 is 0. The van der Waals surface area contributed by atoms with E-state index in [4.69, 9.17) is 5.11 Å². The molecule has 0 aliphatic rings. The van der Waals surface area contributed by atoms with E-state index in [1.54, 1.807) is 0 Å². The fourth-order valence-electron chi connectivity index (χ4n) is 1.76. The van der Waals surface area contributed by atoms with Crippen LogP contribution in [0.25, 0.3) is 6.08 Å². The zero-order valence-corrected chi connectivity index (χ0v) is 12.7. The van der Waals surface area contributed by atoms with Crippen molar-refractivity contribution in [3.63, 3.8) is 0 Å². The van der Waals surface area contributed by atoms with Crippen LogP contribution in [0.2, 0.25) is 0 Å². The van der Waals surface area contributed by atoms with Crippen molar-refractivity contribution in [2.45, 2.75) is 6.42 Å². The van der Waals surface area contributed by atoms with Crippen LogP contribution in [0, 0.1) is 10.1 Å². The Hall–Kier alpha value is -2.74. The maximum Gasteiger partial charge on any atom is 0.307 e. The van der Waals surface area contributed by atoms with E-state index >= 15 is 0 Å². The molecule has 0 heterocycles. The van der Waals surface area contributed by atoms with Crippen molar-refractivity contribution in [1.82, 2.24) is 4.90 Å². The highest BCUT2D eigenvalue weighted by molar-refractivity contribution is 5.92. The number of hydrogen-bond acceptors (Lipinski definition) is 6. The smallest absolute Gasteiger partial charge is 0.307 e. The predicted octanol–water partition coefficient (Wildman–Crippen LogP) is 0.992. The molecule has 0 aromatic heterocycles. The molecular weight excluding hydrogens is 304 g/mol. The summed E-state index contributed by atoms with van der Waals surface area (Å²) in [6.07, 6.45) is 2.83. The van der Waals surface area contributed by atoms with E-state index in [2.05, 4.69) is 4.74 Å². The number of esters is 1. The van der Waals surface area contributed by atoms with Gasteiger partial charge in [-0.15, -0.1) is 0 Å². The molecule has 0 spiro atoms. The van der Waals surface area contributed by atoms with Gasteiger partial charge < -0.3 is 14.7 Å². The number of carbonyl (C=O) groups excluding carboxylic acids is 2. The molecule has 1 rings (SSSR count). The third-order valence-corrected chi connectivity index (χ3v) is 3.02. The van der Waals surface area contributed by atoms with Crippen molar-refractivity contribution in [1.29, 1.82) is 0 Å². The van der Waals surface area contributed by atoms with E-state index in [0.717, 1.165) is 0 Å². The number of nitro benzene ring substituents is 1. The van der Waals surface area contributed by atoms with Crippen molar-refractivity contribution in [3.05, 3.63) is 46.0 Å². The highest BCUT2D eigenvalue weighted by Crippen LogP contribution is 2.13. The first-order chi connectivity index (χ1) is 11.0. The zero-order chi connectivity index (χ0) is 17.2. The lowest BCUT2D eigenvalue weighted by molar-refractivity contribution is -0.384. The lowest BCUT2D eigenvalue weighted by Crippen LogP contribution is -2.34. The normalized spacial score (nSPS) is 10.5. The van der Waals surface area contributed by atoms with Gasteiger partial charge in [0.2, 0.25) is 5.91 Å². The second-order valence-electron chi connectivity index (χ2n) is 4.56. The standard InChI is InChI=1S/C15H18N2O6/c1-23-15(20)8-9-16(10-11-18)14(19)7-4-12-2-5-13(6-3-12)17(21)22/h2-7,18H,8-11H2,1H3/b7-4+. The number of non-ortho nitro benzene ring substituents is 1. The van der Waals surface area contributed by atoms with Crippen LogP contribution in [0.5, 0.6) is 0 Å². The number of nitro groups is 1. The SMILES string of the molecule is COC(=O)CCN(CCO)C(=O)/C=C/c1ccc([N+](=O)[O-])cc1. The van der Waals surface area contributed by atoms with Crippen LogP contribution in [-0.4, -0.2) is 53.6 Å². The fraction of sp³-hybridized carbons (Fsp3) is 0.333. The van der Waals surface area contributed by atoms with Crippen molar-refractivity contribution in [2.24, 2.45) is 0 Å². The average Bonchev–Trinajstić information content (AvgIpc) is 2.56. The monoisotopic (exact) mass is 322 g/mol. The van der Waals surface area contributed by atoms with Gasteiger partial charge in [-0.25, -0.2) is 0 Å². The molecule has 0 fully saturated rings. The van der Waals surface area contributed by atoms with Crippen LogP contribution in [0.1, 0.15) is 12.0 Å².